The second-order valence-corrected chi connectivity index (χ2v) is 8.50. The van der Waals surface area contributed by atoms with Crippen molar-refractivity contribution in [1.29, 1.82) is 0 Å². The van der Waals surface area contributed by atoms with E-state index in [2.05, 4.69) is 36.5 Å². The Morgan fingerprint density at radius 3 is 2.96 bits per heavy atom. The van der Waals surface area contributed by atoms with Gasteiger partial charge in [0.25, 0.3) is 0 Å². The molecule has 6 atom stereocenters. The van der Waals surface area contributed by atoms with Gasteiger partial charge < -0.3 is 20.1 Å². The molecule has 1 saturated carbocycles. The summed E-state index contributed by atoms with van der Waals surface area (Å²) in [5, 5.41) is 15.7. The highest BCUT2D eigenvalue weighted by atomic mass is 16.4. The van der Waals surface area contributed by atoms with Crippen LogP contribution in [0.2, 0.25) is 0 Å². The van der Waals surface area contributed by atoms with Gasteiger partial charge in [0.15, 0.2) is 0 Å². The first-order chi connectivity index (χ1) is 11.6. The molecule has 0 radical (unpaired) electrons. The van der Waals surface area contributed by atoms with Crippen LogP contribution in [-0.2, 0) is 10.2 Å². The number of para-hydroxylation sites is 1. The third-order valence-corrected chi connectivity index (χ3v) is 7.90. The lowest BCUT2D eigenvalue weighted by atomic mass is 9.49. The lowest BCUT2D eigenvalue weighted by Gasteiger charge is -2.57. The zero-order valence-electron chi connectivity index (χ0n) is 14.3. The number of benzene rings is 1. The number of quaternary nitrogens is 1. The summed E-state index contributed by atoms with van der Waals surface area (Å²) in [6.07, 6.45) is 5.38. The highest BCUT2D eigenvalue weighted by molar-refractivity contribution is 5.74. The zero-order chi connectivity index (χ0) is 16.5. The van der Waals surface area contributed by atoms with E-state index >= 15 is 0 Å². The molecule has 0 bridgehead atoms. The fourth-order valence-electron chi connectivity index (χ4n) is 7.16. The van der Waals surface area contributed by atoms with Crippen LogP contribution in [0.1, 0.15) is 44.6 Å². The van der Waals surface area contributed by atoms with Gasteiger partial charge in [0.2, 0.25) is 0 Å². The Labute approximate surface area is 143 Å². The van der Waals surface area contributed by atoms with E-state index in [1.165, 1.54) is 31.5 Å². The quantitative estimate of drug-likeness (QED) is 0.824. The summed E-state index contributed by atoms with van der Waals surface area (Å²) in [7, 11) is 0. The van der Waals surface area contributed by atoms with Crippen LogP contribution >= 0.6 is 0 Å². The number of nitrogens with one attached hydrogen (secondary N) is 2. The second kappa shape index (κ2) is 4.75. The minimum atomic E-state index is -0.857. The van der Waals surface area contributed by atoms with Gasteiger partial charge in [-0.15, -0.1) is 0 Å². The first-order valence-electron chi connectivity index (χ1n) is 9.54. The average molecular weight is 326 g/mol. The predicted molar refractivity (Wildman–Crippen MR) is 89.7 cm³/mol. The van der Waals surface area contributed by atoms with Crippen LogP contribution in [0.25, 0.3) is 0 Å². The van der Waals surface area contributed by atoms with Crippen LogP contribution in [0.5, 0.6) is 0 Å². The summed E-state index contributed by atoms with van der Waals surface area (Å²) in [4.78, 5) is 13.8. The molecular weight excluding hydrogens is 300 g/mol. The molecule has 3 heterocycles. The smallest absolute Gasteiger partial charge is 0.105 e. The molecule has 1 unspecified atom stereocenters. The van der Waals surface area contributed by atoms with Crippen molar-refractivity contribution in [2.24, 2.45) is 11.3 Å². The number of fused-ring (bicyclic) bond motifs is 1. The summed E-state index contributed by atoms with van der Waals surface area (Å²) in [6, 6.07) is 9.11. The maximum Gasteiger partial charge on any atom is 0.105 e. The molecule has 5 rings (SSSR count). The van der Waals surface area contributed by atoms with Crippen molar-refractivity contribution in [3.05, 3.63) is 29.8 Å². The highest BCUT2D eigenvalue weighted by Gasteiger charge is 2.71. The van der Waals surface area contributed by atoms with Crippen LogP contribution in [0.15, 0.2) is 24.3 Å². The predicted octanol–water partition coefficient (Wildman–Crippen LogP) is 0.336. The maximum atomic E-state index is 12.1. The van der Waals surface area contributed by atoms with Crippen LogP contribution in [-0.4, -0.2) is 31.1 Å². The minimum Gasteiger partial charge on any atom is -0.550 e. The normalized spacial score (nSPS) is 45.0. The SMILES string of the molecule is CC[C@]12CCC[NH+]3CC[C@@]4(c5ccccc5N[C@@H]4[C@H](C(=O)[O-])C1)[C@H]32. The fraction of sp³-hybridized carbons (Fsp3) is 0.650. The number of carboxylic acid groups (broad SMARTS) is 1. The maximum absolute atomic E-state index is 12.1. The Morgan fingerprint density at radius 1 is 1.33 bits per heavy atom. The molecule has 4 aliphatic rings. The van der Waals surface area contributed by atoms with Gasteiger partial charge in [-0.1, -0.05) is 25.1 Å². The number of carboxylic acids is 1. The molecular formula is C20H26N2O2. The number of anilines is 1. The van der Waals surface area contributed by atoms with Crippen molar-refractivity contribution in [2.45, 2.75) is 56.5 Å². The topological polar surface area (TPSA) is 56.6 Å². The number of rotatable bonds is 2. The van der Waals surface area contributed by atoms with Gasteiger partial charge in [0.1, 0.15) is 6.04 Å². The second-order valence-electron chi connectivity index (χ2n) is 8.50. The molecule has 1 aliphatic carbocycles. The molecule has 4 heteroatoms. The molecule has 1 spiro atoms. The number of piperidine rings is 1. The van der Waals surface area contributed by atoms with Gasteiger partial charge in [-0.25, -0.2) is 0 Å². The lowest BCUT2D eigenvalue weighted by Crippen LogP contribution is -3.18. The summed E-state index contributed by atoms with van der Waals surface area (Å²) in [5.74, 6) is -1.24. The molecule has 24 heavy (non-hydrogen) atoms. The first-order valence-corrected chi connectivity index (χ1v) is 9.54. The standard InChI is InChI=1S/C20H26N2O2/c1-2-19-8-5-10-22-11-9-20(18(19)22)14-6-3-4-7-15(14)21-16(20)13(12-19)17(23)24/h3-4,6-7,13,16,18,21H,2,5,8-12H2,1H3,(H,23,24)/t13-,16-,18-,19+,20+/m1/s1. The van der Waals surface area contributed by atoms with Crippen molar-refractivity contribution < 1.29 is 14.8 Å². The number of carbonyl (C=O) groups excluding carboxylic acids is 1. The minimum absolute atomic E-state index is 0.000162. The summed E-state index contributed by atoms with van der Waals surface area (Å²) < 4.78 is 0. The third-order valence-electron chi connectivity index (χ3n) is 7.90. The van der Waals surface area contributed by atoms with Crippen molar-refractivity contribution in [3.8, 4) is 0 Å². The molecule has 4 nitrogen and oxygen atoms in total. The van der Waals surface area contributed by atoms with E-state index in [1.54, 1.807) is 4.90 Å². The number of carbonyl (C=O) groups is 1. The van der Waals surface area contributed by atoms with Gasteiger partial charge >= 0.3 is 0 Å². The Morgan fingerprint density at radius 2 is 2.17 bits per heavy atom. The molecule has 3 fully saturated rings. The average Bonchev–Trinajstić information content (AvgIpc) is 3.15. The van der Waals surface area contributed by atoms with E-state index in [4.69, 9.17) is 0 Å². The first kappa shape index (κ1) is 14.8. The summed E-state index contributed by atoms with van der Waals surface area (Å²) in [5.41, 5.74) is 2.67. The third kappa shape index (κ3) is 1.56. The molecule has 3 aliphatic heterocycles. The van der Waals surface area contributed by atoms with Crippen LogP contribution in [0.3, 0.4) is 0 Å². The highest BCUT2D eigenvalue weighted by Crippen LogP contribution is 2.61. The number of hydrogen-bond donors (Lipinski definition) is 2. The monoisotopic (exact) mass is 326 g/mol. The van der Waals surface area contributed by atoms with Gasteiger partial charge in [-0.3, -0.25) is 0 Å². The van der Waals surface area contributed by atoms with E-state index in [1.807, 2.05) is 0 Å². The van der Waals surface area contributed by atoms with Crippen molar-refractivity contribution in [3.63, 3.8) is 0 Å². The lowest BCUT2D eigenvalue weighted by molar-refractivity contribution is -0.930. The Hall–Kier alpha value is -1.55. The van der Waals surface area contributed by atoms with E-state index in [0.29, 0.717) is 6.04 Å². The van der Waals surface area contributed by atoms with E-state index in [9.17, 15) is 9.90 Å². The van der Waals surface area contributed by atoms with Crippen LogP contribution in [0.4, 0.5) is 5.69 Å². The van der Waals surface area contributed by atoms with Crippen molar-refractivity contribution in [2.75, 3.05) is 18.4 Å². The number of aliphatic carboxylic acids is 1. The molecule has 1 aromatic carbocycles. The van der Waals surface area contributed by atoms with Crippen LogP contribution < -0.4 is 15.3 Å². The van der Waals surface area contributed by atoms with Gasteiger partial charge in [-0.2, -0.15) is 0 Å². The summed E-state index contributed by atoms with van der Waals surface area (Å²) >= 11 is 0. The molecule has 128 valence electrons. The van der Waals surface area contributed by atoms with Gasteiger partial charge in [0.05, 0.1) is 18.5 Å². The molecule has 0 amide bonds. The van der Waals surface area contributed by atoms with Gasteiger partial charge in [-0.05, 0) is 37.3 Å². The van der Waals surface area contributed by atoms with Crippen molar-refractivity contribution >= 4 is 11.7 Å². The van der Waals surface area contributed by atoms with E-state index in [0.717, 1.165) is 24.9 Å². The Bertz CT molecular complexity index is 705. The summed E-state index contributed by atoms with van der Waals surface area (Å²) in [6.45, 7) is 4.70. The van der Waals surface area contributed by atoms with E-state index in [-0.39, 0.29) is 22.8 Å². The fourth-order valence-corrected chi connectivity index (χ4v) is 7.16. The Kier molecular flexibility index (Phi) is 2.92. The largest absolute Gasteiger partial charge is 0.550 e. The Balaban J connectivity index is 1.75. The molecule has 1 aromatic rings. The number of hydrogen-bond acceptors (Lipinski definition) is 3. The van der Waals surface area contributed by atoms with Crippen molar-refractivity contribution in [1.82, 2.24) is 0 Å². The molecule has 2 saturated heterocycles. The molecule has 2 N–H and O–H groups in total. The van der Waals surface area contributed by atoms with Crippen LogP contribution in [0, 0.1) is 11.3 Å². The molecule has 0 aromatic heterocycles. The van der Waals surface area contributed by atoms with Gasteiger partial charge in [0, 0.05) is 35.5 Å². The zero-order valence-corrected chi connectivity index (χ0v) is 14.3. The van der Waals surface area contributed by atoms with E-state index < -0.39 is 5.97 Å².